The molecule has 0 aliphatic rings. The molecule has 0 radical (unpaired) electrons. The number of aryl methyl sites for hydroxylation is 1. The van der Waals surface area contributed by atoms with E-state index in [1.54, 1.807) is 0 Å². The number of aromatic nitrogens is 4. The van der Waals surface area contributed by atoms with Crippen LogP contribution in [-0.4, -0.2) is 20.2 Å². The number of hydrogen-bond donors (Lipinski definition) is 2. The van der Waals surface area contributed by atoms with Crippen molar-refractivity contribution in [3.63, 3.8) is 0 Å². The van der Waals surface area contributed by atoms with Gasteiger partial charge in [0.25, 0.3) is 0 Å². The standard InChI is InChI=1S/C16H14BrN5/c1-11-9-16(22-21-11)20-15-10-13(17)18-14(19-15)8-7-12-5-3-2-4-6-12/h2-10H,1H3,(H2,18,19,20,21,22)/b8-7+. The van der Waals surface area contributed by atoms with E-state index in [-0.39, 0.29) is 0 Å². The number of anilines is 2. The molecule has 3 aromatic rings. The molecule has 0 spiro atoms. The summed E-state index contributed by atoms with van der Waals surface area (Å²) in [7, 11) is 0. The number of rotatable bonds is 4. The third kappa shape index (κ3) is 3.79. The molecule has 0 saturated heterocycles. The van der Waals surface area contributed by atoms with E-state index >= 15 is 0 Å². The smallest absolute Gasteiger partial charge is 0.155 e. The van der Waals surface area contributed by atoms with E-state index < -0.39 is 0 Å². The Labute approximate surface area is 136 Å². The van der Waals surface area contributed by atoms with E-state index in [0.29, 0.717) is 16.2 Å². The summed E-state index contributed by atoms with van der Waals surface area (Å²) in [5.74, 6) is 2.02. The van der Waals surface area contributed by atoms with Gasteiger partial charge in [-0.3, -0.25) is 5.10 Å². The number of halogens is 1. The van der Waals surface area contributed by atoms with Crippen molar-refractivity contribution in [3.05, 3.63) is 64.1 Å². The summed E-state index contributed by atoms with van der Waals surface area (Å²) in [5.41, 5.74) is 2.09. The molecular weight excluding hydrogens is 342 g/mol. The fraction of sp³-hybridized carbons (Fsp3) is 0.0625. The lowest BCUT2D eigenvalue weighted by Gasteiger charge is -2.03. The van der Waals surface area contributed by atoms with Crippen molar-refractivity contribution in [2.45, 2.75) is 6.92 Å². The predicted octanol–water partition coefficient (Wildman–Crippen LogP) is 4.18. The number of benzene rings is 1. The molecule has 0 aliphatic heterocycles. The lowest BCUT2D eigenvalue weighted by Crippen LogP contribution is -1.97. The average Bonchev–Trinajstić information content (AvgIpc) is 2.91. The molecule has 2 heterocycles. The minimum Gasteiger partial charge on any atom is -0.323 e. The Balaban J connectivity index is 1.82. The first-order valence-corrected chi connectivity index (χ1v) is 7.55. The van der Waals surface area contributed by atoms with E-state index in [1.807, 2.05) is 61.5 Å². The summed E-state index contributed by atoms with van der Waals surface area (Å²) in [6.45, 7) is 1.95. The summed E-state index contributed by atoms with van der Waals surface area (Å²) >= 11 is 3.40. The molecule has 22 heavy (non-hydrogen) atoms. The van der Waals surface area contributed by atoms with Gasteiger partial charge in [0.15, 0.2) is 11.6 Å². The molecule has 2 aromatic heterocycles. The Morgan fingerprint density at radius 1 is 1.05 bits per heavy atom. The van der Waals surface area contributed by atoms with Gasteiger partial charge in [0.05, 0.1) is 0 Å². The number of H-pyrrole nitrogens is 1. The summed E-state index contributed by atoms with van der Waals surface area (Å²) < 4.78 is 0.713. The second-order valence-electron chi connectivity index (χ2n) is 4.74. The van der Waals surface area contributed by atoms with Crippen molar-refractivity contribution in [1.82, 2.24) is 20.2 Å². The topological polar surface area (TPSA) is 66.5 Å². The molecule has 110 valence electrons. The summed E-state index contributed by atoms with van der Waals surface area (Å²) in [6.07, 6.45) is 3.85. The molecule has 0 amide bonds. The number of nitrogens with zero attached hydrogens (tertiary/aromatic N) is 3. The fourth-order valence-corrected chi connectivity index (χ4v) is 2.32. The van der Waals surface area contributed by atoms with E-state index in [0.717, 1.165) is 17.1 Å². The van der Waals surface area contributed by atoms with Gasteiger partial charge in [-0.05, 0) is 34.5 Å². The molecular formula is C16H14BrN5. The van der Waals surface area contributed by atoms with Crippen molar-refractivity contribution in [3.8, 4) is 0 Å². The van der Waals surface area contributed by atoms with Crippen molar-refractivity contribution < 1.29 is 0 Å². The number of aromatic amines is 1. The van der Waals surface area contributed by atoms with Crippen molar-refractivity contribution in [2.24, 2.45) is 0 Å². The van der Waals surface area contributed by atoms with Crippen LogP contribution < -0.4 is 5.32 Å². The highest BCUT2D eigenvalue weighted by molar-refractivity contribution is 9.10. The van der Waals surface area contributed by atoms with Gasteiger partial charge >= 0.3 is 0 Å². The quantitative estimate of drug-likeness (QED) is 0.688. The molecule has 0 unspecified atom stereocenters. The van der Waals surface area contributed by atoms with Gasteiger partial charge in [0.2, 0.25) is 0 Å². The summed E-state index contributed by atoms with van der Waals surface area (Å²) in [4.78, 5) is 8.81. The Morgan fingerprint density at radius 3 is 2.59 bits per heavy atom. The summed E-state index contributed by atoms with van der Waals surface area (Å²) in [5, 5.41) is 10.2. The lowest BCUT2D eigenvalue weighted by molar-refractivity contribution is 1.04. The van der Waals surface area contributed by atoms with Crippen LogP contribution in [0.1, 0.15) is 17.1 Å². The van der Waals surface area contributed by atoms with Gasteiger partial charge in [0, 0.05) is 17.8 Å². The van der Waals surface area contributed by atoms with Gasteiger partial charge in [-0.15, -0.1) is 0 Å². The van der Waals surface area contributed by atoms with Crippen LogP contribution in [0.5, 0.6) is 0 Å². The zero-order chi connectivity index (χ0) is 15.4. The minimum atomic E-state index is 0.619. The van der Waals surface area contributed by atoms with Gasteiger partial charge < -0.3 is 5.32 Å². The van der Waals surface area contributed by atoms with Crippen LogP contribution in [0.25, 0.3) is 12.2 Å². The van der Waals surface area contributed by atoms with E-state index in [1.165, 1.54) is 0 Å². The molecule has 3 rings (SSSR count). The number of hydrogen-bond acceptors (Lipinski definition) is 4. The molecule has 2 N–H and O–H groups in total. The van der Waals surface area contributed by atoms with Crippen LogP contribution in [0.4, 0.5) is 11.6 Å². The molecule has 6 heteroatoms. The minimum absolute atomic E-state index is 0.619. The Kier molecular flexibility index (Phi) is 4.29. The highest BCUT2D eigenvalue weighted by atomic mass is 79.9. The monoisotopic (exact) mass is 355 g/mol. The van der Waals surface area contributed by atoms with Crippen LogP contribution in [-0.2, 0) is 0 Å². The first kappa shape index (κ1) is 14.5. The first-order valence-electron chi connectivity index (χ1n) is 6.76. The molecule has 5 nitrogen and oxygen atoms in total. The molecule has 0 bridgehead atoms. The normalized spacial score (nSPS) is 11.0. The van der Waals surface area contributed by atoms with Gasteiger partial charge in [-0.1, -0.05) is 36.4 Å². The highest BCUT2D eigenvalue weighted by Crippen LogP contribution is 2.18. The SMILES string of the molecule is Cc1cc(Nc2cc(Br)nc(/C=C/c3ccccc3)n2)n[nH]1. The van der Waals surface area contributed by atoms with E-state index in [4.69, 9.17) is 0 Å². The van der Waals surface area contributed by atoms with E-state index in [9.17, 15) is 0 Å². The first-order chi connectivity index (χ1) is 10.7. The van der Waals surface area contributed by atoms with Crippen LogP contribution in [0.15, 0.2) is 47.1 Å². The van der Waals surface area contributed by atoms with Crippen molar-refractivity contribution in [2.75, 3.05) is 5.32 Å². The maximum Gasteiger partial charge on any atom is 0.155 e. The van der Waals surface area contributed by atoms with Crippen LogP contribution >= 0.6 is 15.9 Å². The molecule has 0 fully saturated rings. The molecule has 0 atom stereocenters. The highest BCUT2D eigenvalue weighted by Gasteiger charge is 2.03. The van der Waals surface area contributed by atoms with Crippen LogP contribution in [0, 0.1) is 6.92 Å². The van der Waals surface area contributed by atoms with Gasteiger partial charge in [0.1, 0.15) is 10.4 Å². The average molecular weight is 356 g/mol. The third-order valence-electron chi connectivity index (χ3n) is 2.90. The molecule has 1 aromatic carbocycles. The van der Waals surface area contributed by atoms with Gasteiger partial charge in [-0.25, -0.2) is 9.97 Å². The largest absolute Gasteiger partial charge is 0.323 e. The molecule has 0 saturated carbocycles. The zero-order valence-corrected chi connectivity index (χ0v) is 13.5. The van der Waals surface area contributed by atoms with E-state index in [2.05, 4.69) is 41.4 Å². The molecule has 0 aliphatic carbocycles. The fourth-order valence-electron chi connectivity index (χ4n) is 1.92. The van der Waals surface area contributed by atoms with Crippen molar-refractivity contribution in [1.29, 1.82) is 0 Å². The maximum atomic E-state index is 4.46. The summed E-state index contributed by atoms with van der Waals surface area (Å²) in [6, 6.07) is 13.8. The predicted molar refractivity (Wildman–Crippen MR) is 91.7 cm³/mol. The maximum absolute atomic E-state index is 4.46. The Bertz CT molecular complexity index is 795. The lowest BCUT2D eigenvalue weighted by atomic mass is 10.2. The van der Waals surface area contributed by atoms with Crippen molar-refractivity contribution >= 4 is 39.7 Å². The third-order valence-corrected chi connectivity index (χ3v) is 3.30. The Morgan fingerprint density at radius 2 is 1.86 bits per heavy atom. The second-order valence-corrected chi connectivity index (χ2v) is 5.55. The second kappa shape index (κ2) is 6.53. The number of nitrogens with one attached hydrogen (secondary N) is 2. The van der Waals surface area contributed by atoms with Crippen LogP contribution in [0.2, 0.25) is 0 Å². The Hall–Kier alpha value is -2.47. The van der Waals surface area contributed by atoms with Gasteiger partial charge in [-0.2, -0.15) is 5.10 Å². The van der Waals surface area contributed by atoms with Crippen LogP contribution in [0.3, 0.4) is 0 Å². The zero-order valence-electron chi connectivity index (χ0n) is 11.9.